The Balaban J connectivity index is 2.23. The van der Waals surface area contributed by atoms with E-state index < -0.39 is 0 Å². The average molecular weight is 248 g/mol. The van der Waals surface area contributed by atoms with Gasteiger partial charge in [-0.1, -0.05) is 25.7 Å². The van der Waals surface area contributed by atoms with Crippen molar-refractivity contribution < 1.29 is 0 Å². The number of nitrogens with two attached hydrogens (primary N) is 1. The summed E-state index contributed by atoms with van der Waals surface area (Å²) in [6, 6.07) is 2.34. The van der Waals surface area contributed by atoms with Gasteiger partial charge in [0.25, 0.3) is 0 Å². The van der Waals surface area contributed by atoms with E-state index in [0.29, 0.717) is 5.92 Å². The molecule has 0 radical (unpaired) electrons. The van der Waals surface area contributed by atoms with Gasteiger partial charge in [-0.2, -0.15) is 10.2 Å². The highest BCUT2D eigenvalue weighted by atomic mass is 15.2. The van der Waals surface area contributed by atoms with Crippen molar-refractivity contribution in [2.75, 3.05) is 0 Å². The van der Waals surface area contributed by atoms with Gasteiger partial charge in [-0.05, 0) is 44.2 Å². The van der Waals surface area contributed by atoms with Crippen molar-refractivity contribution in [3.63, 3.8) is 0 Å². The van der Waals surface area contributed by atoms with E-state index in [1.165, 1.54) is 44.1 Å². The van der Waals surface area contributed by atoms with Gasteiger partial charge in [-0.15, -0.1) is 0 Å². The third-order valence-corrected chi connectivity index (χ3v) is 4.03. The molecule has 4 nitrogen and oxygen atoms in total. The molecule has 1 unspecified atom stereocenters. The average Bonchev–Trinajstić information content (AvgIpc) is 2.64. The van der Waals surface area contributed by atoms with E-state index >= 15 is 0 Å². The van der Waals surface area contributed by atoms with E-state index in [-0.39, 0.29) is 6.04 Å². The Hall–Kier alpha value is -1.00. The second-order valence-electron chi connectivity index (χ2n) is 5.42. The molecule has 2 rings (SSSR count). The van der Waals surface area contributed by atoms with E-state index in [1.54, 1.807) is 0 Å². The fraction of sp³-hybridized carbons (Fsp3) is 0.714. The zero-order valence-corrected chi connectivity index (χ0v) is 11.4. The maximum atomic E-state index is 5.81. The predicted octanol–water partition coefficient (Wildman–Crippen LogP) is 2.57. The molecular weight excluding hydrogens is 224 g/mol. The van der Waals surface area contributed by atoms with Crippen molar-refractivity contribution in [2.45, 2.75) is 58.4 Å². The highest BCUT2D eigenvalue weighted by Crippen LogP contribution is 2.33. The third kappa shape index (κ3) is 3.06. The van der Waals surface area contributed by atoms with Crippen molar-refractivity contribution in [1.82, 2.24) is 15.6 Å². The van der Waals surface area contributed by atoms with Crippen LogP contribution in [-0.2, 0) is 0 Å². The number of hydrazine groups is 1. The molecule has 1 atom stereocenters. The minimum absolute atomic E-state index is 0.220. The molecule has 1 fully saturated rings. The third-order valence-electron chi connectivity index (χ3n) is 4.03. The summed E-state index contributed by atoms with van der Waals surface area (Å²) in [6.07, 6.45) is 7.88. The predicted molar refractivity (Wildman–Crippen MR) is 72.8 cm³/mol. The second-order valence-corrected chi connectivity index (χ2v) is 5.42. The molecule has 4 heteroatoms. The van der Waals surface area contributed by atoms with Crippen LogP contribution in [0.15, 0.2) is 6.07 Å². The Kier molecular flexibility index (Phi) is 4.66. The standard InChI is InChI=1S/C14H24N4/c1-10-9-13(11(2)18-17-10)14(16-15)12-7-5-3-4-6-8-12/h9,12,14,16H,3-8,15H2,1-2H3. The van der Waals surface area contributed by atoms with Crippen LogP contribution >= 0.6 is 0 Å². The SMILES string of the molecule is Cc1cc(C(NN)C2CCCCCC2)c(C)nn1. The van der Waals surface area contributed by atoms with Crippen LogP contribution in [0.5, 0.6) is 0 Å². The van der Waals surface area contributed by atoms with Crippen LogP contribution in [0, 0.1) is 19.8 Å². The van der Waals surface area contributed by atoms with Crippen molar-refractivity contribution in [2.24, 2.45) is 11.8 Å². The van der Waals surface area contributed by atoms with Gasteiger partial charge in [0.05, 0.1) is 17.4 Å². The number of hydrogen-bond donors (Lipinski definition) is 2. The molecule has 100 valence electrons. The molecule has 3 N–H and O–H groups in total. The molecule has 0 aliphatic heterocycles. The summed E-state index contributed by atoms with van der Waals surface area (Å²) in [4.78, 5) is 0. The number of hydrogen-bond acceptors (Lipinski definition) is 4. The lowest BCUT2D eigenvalue weighted by molar-refractivity contribution is 0.327. The summed E-state index contributed by atoms with van der Waals surface area (Å²) in [6.45, 7) is 4.00. The van der Waals surface area contributed by atoms with E-state index in [2.05, 4.69) is 21.7 Å². The van der Waals surface area contributed by atoms with E-state index in [4.69, 9.17) is 5.84 Å². The second kappa shape index (κ2) is 6.25. The zero-order chi connectivity index (χ0) is 13.0. The lowest BCUT2D eigenvalue weighted by Crippen LogP contribution is -2.34. The summed E-state index contributed by atoms with van der Waals surface area (Å²) >= 11 is 0. The van der Waals surface area contributed by atoms with Gasteiger partial charge in [0.15, 0.2) is 0 Å². The smallest absolute Gasteiger partial charge is 0.0648 e. The largest absolute Gasteiger partial charge is 0.271 e. The maximum Gasteiger partial charge on any atom is 0.0648 e. The van der Waals surface area contributed by atoms with Crippen LogP contribution in [0.25, 0.3) is 0 Å². The van der Waals surface area contributed by atoms with E-state index in [1.807, 2.05) is 13.8 Å². The van der Waals surface area contributed by atoms with Gasteiger partial charge in [0.1, 0.15) is 0 Å². The first-order valence-electron chi connectivity index (χ1n) is 6.99. The van der Waals surface area contributed by atoms with Crippen LogP contribution < -0.4 is 11.3 Å². The maximum absolute atomic E-state index is 5.81. The van der Waals surface area contributed by atoms with Gasteiger partial charge in [-0.3, -0.25) is 11.3 Å². The molecule has 1 aromatic rings. The summed E-state index contributed by atoms with van der Waals surface area (Å²) in [5.74, 6) is 6.43. The van der Waals surface area contributed by atoms with Crippen LogP contribution in [0.1, 0.15) is 61.5 Å². The summed E-state index contributed by atoms with van der Waals surface area (Å²) in [5.41, 5.74) is 6.19. The fourth-order valence-electron chi connectivity index (χ4n) is 3.01. The molecule has 18 heavy (non-hydrogen) atoms. The lowest BCUT2D eigenvalue weighted by atomic mass is 9.87. The normalized spacial score (nSPS) is 19.5. The van der Waals surface area contributed by atoms with E-state index in [9.17, 15) is 0 Å². The summed E-state index contributed by atoms with van der Waals surface area (Å²) in [7, 11) is 0. The Labute approximate surface area is 109 Å². The molecule has 1 aliphatic rings. The van der Waals surface area contributed by atoms with Gasteiger partial charge in [0.2, 0.25) is 0 Å². The molecular formula is C14H24N4. The number of aryl methyl sites for hydroxylation is 2. The first-order valence-corrected chi connectivity index (χ1v) is 6.99. The molecule has 1 saturated carbocycles. The van der Waals surface area contributed by atoms with Crippen LogP contribution in [0.2, 0.25) is 0 Å². The Morgan fingerprint density at radius 1 is 1.17 bits per heavy atom. The number of nitrogens with one attached hydrogen (secondary N) is 1. The molecule has 1 aliphatic carbocycles. The molecule has 0 saturated heterocycles. The molecule has 0 amide bonds. The van der Waals surface area contributed by atoms with Crippen molar-refractivity contribution >= 4 is 0 Å². The topological polar surface area (TPSA) is 63.8 Å². The zero-order valence-electron chi connectivity index (χ0n) is 11.4. The highest BCUT2D eigenvalue weighted by molar-refractivity contribution is 5.24. The number of aromatic nitrogens is 2. The Bertz CT molecular complexity index is 383. The van der Waals surface area contributed by atoms with Gasteiger partial charge < -0.3 is 0 Å². The highest BCUT2D eigenvalue weighted by Gasteiger charge is 2.25. The first-order chi connectivity index (χ1) is 8.72. The molecule has 1 heterocycles. The van der Waals surface area contributed by atoms with Gasteiger partial charge in [-0.25, -0.2) is 0 Å². The summed E-state index contributed by atoms with van der Waals surface area (Å²) < 4.78 is 0. The minimum Gasteiger partial charge on any atom is -0.271 e. The fourth-order valence-corrected chi connectivity index (χ4v) is 3.01. The molecule has 0 spiro atoms. The number of rotatable bonds is 3. The van der Waals surface area contributed by atoms with E-state index in [0.717, 1.165) is 11.4 Å². The molecule has 1 aromatic heterocycles. The summed E-state index contributed by atoms with van der Waals surface area (Å²) in [5, 5.41) is 8.32. The quantitative estimate of drug-likeness (QED) is 0.490. The first kappa shape index (κ1) is 13.4. The molecule has 0 aromatic carbocycles. The Morgan fingerprint density at radius 2 is 1.83 bits per heavy atom. The van der Waals surface area contributed by atoms with Crippen LogP contribution in [0.3, 0.4) is 0 Å². The molecule has 0 bridgehead atoms. The monoisotopic (exact) mass is 248 g/mol. The van der Waals surface area contributed by atoms with Crippen LogP contribution in [0.4, 0.5) is 0 Å². The van der Waals surface area contributed by atoms with Gasteiger partial charge >= 0.3 is 0 Å². The minimum atomic E-state index is 0.220. The number of nitrogens with zero attached hydrogens (tertiary/aromatic N) is 2. The lowest BCUT2D eigenvalue weighted by Gasteiger charge is -2.26. The van der Waals surface area contributed by atoms with Crippen LogP contribution in [-0.4, -0.2) is 10.2 Å². The van der Waals surface area contributed by atoms with Crippen molar-refractivity contribution in [1.29, 1.82) is 0 Å². The van der Waals surface area contributed by atoms with Crippen molar-refractivity contribution in [3.8, 4) is 0 Å². The van der Waals surface area contributed by atoms with Gasteiger partial charge in [0, 0.05) is 0 Å². The van der Waals surface area contributed by atoms with Crippen molar-refractivity contribution in [3.05, 3.63) is 23.0 Å². The Morgan fingerprint density at radius 3 is 2.44 bits per heavy atom.